The Labute approximate surface area is 127 Å². The predicted octanol–water partition coefficient (Wildman–Crippen LogP) is 3.51. The average Bonchev–Trinajstić information content (AvgIpc) is 3.09. The first-order valence-electron chi connectivity index (χ1n) is 6.80. The molecule has 3 rings (SSSR count). The van der Waals surface area contributed by atoms with E-state index in [1.807, 2.05) is 37.5 Å². The lowest BCUT2D eigenvalue weighted by molar-refractivity contribution is 0.843. The van der Waals surface area contributed by atoms with E-state index in [0.717, 1.165) is 22.2 Å². The standard InChI is InChI=1S/C15H17N5S/c1-10-15(21-12(3)18-10)11(2)19-13-5-6-14(16-9-13)20-8-4-7-17-20/h4-9,11,19H,1-3H3. The molecule has 3 aromatic heterocycles. The highest BCUT2D eigenvalue weighted by Crippen LogP contribution is 2.27. The molecule has 108 valence electrons. The minimum absolute atomic E-state index is 0.216. The molecule has 0 aromatic carbocycles. The minimum atomic E-state index is 0.216. The van der Waals surface area contributed by atoms with Gasteiger partial charge in [-0.15, -0.1) is 11.3 Å². The van der Waals surface area contributed by atoms with Gasteiger partial charge in [-0.2, -0.15) is 5.10 Å². The molecule has 0 saturated carbocycles. The van der Waals surface area contributed by atoms with Gasteiger partial charge >= 0.3 is 0 Å². The third-order valence-electron chi connectivity index (χ3n) is 3.20. The molecule has 21 heavy (non-hydrogen) atoms. The van der Waals surface area contributed by atoms with Crippen molar-refractivity contribution in [2.75, 3.05) is 5.32 Å². The Bertz CT molecular complexity index is 715. The summed E-state index contributed by atoms with van der Waals surface area (Å²) in [6.45, 7) is 6.23. The number of rotatable bonds is 4. The van der Waals surface area contributed by atoms with Crippen molar-refractivity contribution in [2.45, 2.75) is 26.8 Å². The highest BCUT2D eigenvalue weighted by Gasteiger charge is 2.12. The predicted molar refractivity (Wildman–Crippen MR) is 85.0 cm³/mol. The van der Waals surface area contributed by atoms with Crippen molar-refractivity contribution < 1.29 is 0 Å². The van der Waals surface area contributed by atoms with Gasteiger partial charge in [0.2, 0.25) is 0 Å². The van der Waals surface area contributed by atoms with Crippen LogP contribution in [0.2, 0.25) is 0 Å². The van der Waals surface area contributed by atoms with E-state index in [-0.39, 0.29) is 6.04 Å². The van der Waals surface area contributed by atoms with Crippen molar-refractivity contribution in [3.8, 4) is 5.82 Å². The maximum Gasteiger partial charge on any atom is 0.153 e. The summed E-state index contributed by atoms with van der Waals surface area (Å²) in [7, 11) is 0. The van der Waals surface area contributed by atoms with Crippen molar-refractivity contribution in [3.05, 3.63) is 52.4 Å². The number of nitrogens with one attached hydrogen (secondary N) is 1. The molecule has 1 unspecified atom stereocenters. The van der Waals surface area contributed by atoms with Gasteiger partial charge in [0.15, 0.2) is 5.82 Å². The van der Waals surface area contributed by atoms with E-state index in [2.05, 4.69) is 34.2 Å². The largest absolute Gasteiger partial charge is 0.376 e. The second-order valence-electron chi connectivity index (χ2n) is 4.90. The highest BCUT2D eigenvalue weighted by atomic mass is 32.1. The lowest BCUT2D eigenvalue weighted by atomic mass is 10.2. The molecule has 0 aliphatic rings. The molecule has 0 aliphatic heterocycles. The first-order chi connectivity index (χ1) is 10.1. The summed E-state index contributed by atoms with van der Waals surface area (Å²) >= 11 is 1.73. The number of thiazole rings is 1. The number of pyridine rings is 1. The minimum Gasteiger partial charge on any atom is -0.376 e. The summed E-state index contributed by atoms with van der Waals surface area (Å²) in [4.78, 5) is 10.2. The molecular formula is C15H17N5S. The summed E-state index contributed by atoms with van der Waals surface area (Å²) in [5, 5.41) is 8.73. The van der Waals surface area contributed by atoms with E-state index in [1.165, 1.54) is 4.88 Å². The molecule has 6 heteroatoms. The summed E-state index contributed by atoms with van der Waals surface area (Å²) in [6.07, 6.45) is 5.45. The van der Waals surface area contributed by atoms with Crippen LogP contribution in [0.5, 0.6) is 0 Å². The molecule has 0 bridgehead atoms. The molecule has 3 aromatic rings. The van der Waals surface area contributed by atoms with Crippen LogP contribution in [0.3, 0.4) is 0 Å². The van der Waals surface area contributed by atoms with Crippen LogP contribution in [-0.2, 0) is 0 Å². The third-order valence-corrected chi connectivity index (χ3v) is 4.46. The fourth-order valence-corrected chi connectivity index (χ4v) is 3.21. The Balaban J connectivity index is 1.74. The van der Waals surface area contributed by atoms with Gasteiger partial charge in [0.05, 0.1) is 28.6 Å². The van der Waals surface area contributed by atoms with Gasteiger partial charge < -0.3 is 5.32 Å². The summed E-state index contributed by atoms with van der Waals surface area (Å²) < 4.78 is 1.74. The lowest BCUT2D eigenvalue weighted by Crippen LogP contribution is -2.07. The molecule has 3 heterocycles. The number of aromatic nitrogens is 4. The third kappa shape index (κ3) is 2.95. The summed E-state index contributed by atoms with van der Waals surface area (Å²) in [5.74, 6) is 0.808. The second-order valence-corrected chi connectivity index (χ2v) is 6.14. The van der Waals surface area contributed by atoms with Crippen LogP contribution in [0.15, 0.2) is 36.8 Å². The fourth-order valence-electron chi connectivity index (χ4n) is 2.28. The van der Waals surface area contributed by atoms with Gasteiger partial charge in [0.1, 0.15) is 0 Å². The van der Waals surface area contributed by atoms with Crippen LogP contribution in [0, 0.1) is 13.8 Å². The number of aryl methyl sites for hydroxylation is 2. The summed E-state index contributed by atoms with van der Waals surface area (Å²) in [5.41, 5.74) is 2.09. The zero-order chi connectivity index (χ0) is 14.8. The number of hydrogen-bond acceptors (Lipinski definition) is 5. The molecule has 0 fully saturated rings. The van der Waals surface area contributed by atoms with Gasteiger partial charge in [-0.3, -0.25) is 0 Å². The number of hydrogen-bond donors (Lipinski definition) is 1. The molecule has 0 aliphatic carbocycles. The summed E-state index contributed by atoms with van der Waals surface area (Å²) in [6, 6.07) is 6.06. The molecular weight excluding hydrogens is 282 g/mol. The quantitative estimate of drug-likeness (QED) is 0.801. The lowest BCUT2D eigenvalue weighted by Gasteiger charge is -2.14. The van der Waals surface area contributed by atoms with Crippen molar-refractivity contribution in [1.29, 1.82) is 0 Å². The average molecular weight is 299 g/mol. The Kier molecular flexibility index (Phi) is 3.70. The van der Waals surface area contributed by atoms with Crippen molar-refractivity contribution in [2.24, 2.45) is 0 Å². The smallest absolute Gasteiger partial charge is 0.153 e. The maximum atomic E-state index is 4.47. The fraction of sp³-hybridized carbons (Fsp3) is 0.267. The second kappa shape index (κ2) is 5.65. The van der Waals surface area contributed by atoms with Gasteiger partial charge in [-0.05, 0) is 39.0 Å². The normalized spacial score (nSPS) is 12.3. The molecule has 0 saturated heterocycles. The molecule has 1 N–H and O–H groups in total. The van der Waals surface area contributed by atoms with Crippen LogP contribution in [-0.4, -0.2) is 19.7 Å². The molecule has 0 amide bonds. The highest BCUT2D eigenvalue weighted by molar-refractivity contribution is 7.11. The van der Waals surface area contributed by atoms with Crippen molar-refractivity contribution >= 4 is 17.0 Å². The Morgan fingerprint density at radius 1 is 1.29 bits per heavy atom. The van der Waals surface area contributed by atoms with E-state index in [9.17, 15) is 0 Å². The van der Waals surface area contributed by atoms with Gasteiger partial charge in [-0.25, -0.2) is 14.6 Å². The topological polar surface area (TPSA) is 55.6 Å². The zero-order valence-corrected chi connectivity index (χ0v) is 13.1. The van der Waals surface area contributed by atoms with Crippen molar-refractivity contribution in [3.63, 3.8) is 0 Å². The van der Waals surface area contributed by atoms with E-state index < -0.39 is 0 Å². The first kappa shape index (κ1) is 13.8. The molecule has 0 radical (unpaired) electrons. The maximum absolute atomic E-state index is 4.47. The van der Waals surface area contributed by atoms with Crippen LogP contribution in [0.1, 0.15) is 28.5 Å². The molecule has 5 nitrogen and oxygen atoms in total. The zero-order valence-electron chi connectivity index (χ0n) is 12.2. The van der Waals surface area contributed by atoms with Gasteiger partial charge in [0.25, 0.3) is 0 Å². The van der Waals surface area contributed by atoms with Crippen LogP contribution >= 0.6 is 11.3 Å². The molecule has 1 atom stereocenters. The van der Waals surface area contributed by atoms with E-state index in [1.54, 1.807) is 22.2 Å². The Morgan fingerprint density at radius 3 is 2.71 bits per heavy atom. The first-order valence-corrected chi connectivity index (χ1v) is 7.61. The van der Waals surface area contributed by atoms with E-state index in [4.69, 9.17) is 0 Å². The SMILES string of the molecule is Cc1nc(C)c(C(C)Nc2ccc(-n3cccn3)nc2)s1. The molecule has 0 spiro atoms. The van der Waals surface area contributed by atoms with Gasteiger partial charge in [-0.1, -0.05) is 0 Å². The van der Waals surface area contributed by atoms with Crippen LogP contribution in [0.4, 0.5) is 5.69 Å². The Morgan fingerprint density at radius 2 is 2.14 bits per heavy atom. The van der Waals surface area contributed by atoms with Crippen molar-refractivity contribution in [1.82, 2.24) is 19.7 Å². The van der Waals surface area contributed by atoms with E-state index >= 15 is 0 Å². The van der Waals surface area contributed by atoms with Gasteiger partial charge in [0, 0.05) is 17.3 Å². The number of anilines is 1. The monoisotopic (exact) mass is 299 g/mol. The Hall–Kier alpha value is -2.21. The number of nitrogens with zero attached hydrogens (tertiary/aromatic N) is 4. The van der Waals surface area contributed by atoms with Crippen LogP contribution in [0.25, 0.3) is 5.82 Å². The van der Waals surface area contributed by atoms with Crippen LogP contribution < -0.4 is 5.32 Å². The van der Waals surface area contributed by atoms with E-state index in [0.29, 0.717) is 0 Å².